The first-order valence-electron chi connectivity index (χ1n) is 11.1. The molecule has 34 heavy (non-hydrogen) atoms. The number of carbonyl (C=O) groups excluding carboxylic acids is 2. The number of rotatable bonds is 10. The molecule has 0 saturated carbocycles. The van der Waals surface area contributed by atoms with Crippen LogP contribution in [0.1, 0.15) is 25.0 Å². The Bertz CT molecular complexity index is 1090. The van der Waals surface area contributed by atoms with Crippen molar-refractivity contribution in [2.45, 2.75) is 38.9 Å². The van der Waals surface area contributed by atoms with Gasteiger partial charge in [0.05, 0.1) is 0 Å². The molecule has 0 heterocycles. The Morgan fingerprint density at radius 1 is 0.971 bits per heavy atom. The van der Waals surface area contributed by atoms with Crippen molar-refractivity contribution in [3.63, 3.8) is 0 Å². The van der Waals surface area contributed by atoms with Crippen LogP contribution in [0.15, 0.2) is 83.3 Å². The van der Waals surface area contributed by atoms with Crippen molar-refractivity contribution in [1.29, 1.82) is 0 Å². The van der Waals surface area contributed by atoms with E-state index >= 15 is 0 Å². The molecule has 7 heteroatoms. The van der Waals surface area contributed by atoms with E-state index in [2.05, 4.69) is 43.8 Å². The molecular formula is C27H28BrIN2O3. The van der Waals surface area contributed by atoms with E-state index in [1.165, 1.54) is 0 Å². The lowest BCUT2D eigenvalue weighted by Crippen LogP contribution is -2.52. The van der Waals surface area contributed by atoms with E-state index in [4.69, 9.17) is 4.74 Å². The molecular weight excluding hydrogens is 607 g/mol. The quantitative estimate of drug-likeness (QED) is 0.296. The highest BCUT2D eigenvalue weighted by Gasteiger charge is 2.31. The summed E-state index contributed by atoms with van der Waals surface area (Å²) in [6, 6.07) is 24.3. The Balaban J connectivity index is 1.90. The maximum absolute atomic E-state index is 13.5. The van der Waals surface area contributed by atoms with Gasteiger partial charge in [0.15, 0.2) is 6.61 Å². The molecule has 1 N–H and O–H groups in total. The molecule has 0 fully saturated rings. The SMILES string of the molecule is CC(C)NC(=O)[C@H](Cc1ccccc1)N(Cc1cccc(Br)c1)C(=O)COc1ccc(I)cc1. The normalized spacial score (nSPS) is 11.7. The van der Waals surface area contributed by atoms with Gasteiger partial charge in [-0.1, -0.05) is 58.4 Å². The number of hydrogen-bond donors (Lipinski definition) is 1. The van der Waals surface area contributed by atoms with E-state index in [-0.39, 0.29) is 31.0 Å². The largest absolute Gasteiger partial charge is 0.484 e. The first-order valence-corrected chi connectivity index (χ1v) is 13.0. The van der Waals surface area contributed by atoms with Crippen LogP contribution >= 0.6 is 38.5 Å². The van der Waals surface area contributed by atoms with Gasteiger partial charge in [-0.3, -0.25) is 9.59 Å². The maximum atomic E-state index is 13.5. The van der Waals surface area contributed by atoms with E-state index in [1.54, 1.807) is 4.90 Å². The van der Waals surface area contributed by atoms with Crippen LogP contribution in [-0.4, -0.2) is 35.4 Å². The fourth-order valence-corrected chi connectivity index (χ4v) is 4.33. The van der Waals surface area contributed by atoms with E-state index < -0.39 is 6.04 Å². The van der Waals surface area contributed by atoms with E-state index in [1.807, 2.05) is 92.7 Å². The Kier molecular flexibility index (Phi) is 9.95. The molecule has 0 aromatic heterocycles. The third-order valence-corrected chi connectivity index (χ3v) is 6.33. The Morgan fingerprint density at radius 3 is 2.29 bits per heavy atom. The summed E-state index contributed by atoms with van der Waals surface area (Å²) < 4.78 is 7.79. The minimum atomic E-state index is -0.684. The molecule has 0 aliphatic heterocycles. The number of benzene rings is 3. The fourth-order valence-electron chi connectivity index (χ4n) is 3.53. The molecule has 0 aliphatic carbocycles. The summed E-state index contributed by atoms with van der Waals surface area (Å²) in [4.78, 5) is 28.4. The van der Waals surface area contributed by atoms with Crippen LogP contribution in [-0.2, 0) is 22.6 Å². The topological polar surface area (TPSA) is 58.6 Å². The van der Waals surface area contributed by atoms with Crippen LogP contribution in [0.2, 0.25) is 0 Å². The second kappa shape index (κ2) is 12.9. The lowest BCUT2D eigenvalue weighted by Gasteiger charge is -2.32. The number of hydrogen-bond acceptors (Lipinski definition) is 3. The third-order valence-electron chi connectivity index (χ3n) is 5.12. The summed E-state index contributed by atoms with van der Waals surface area (Å²) >= 11 is 5.72. The summed E-state index contributed by atoms with van der Waals surface area (Å²) in [7, 11) is 0. The molecule has 178 valence electrons. The van der Waals surface area contributed by atoms with Crippen LogP contribution in [0.5, 0.6) is 5.75 Å². The van der Waals surface area contributed by atoms with Crippen molar-refractivity contribution in [1.82, 2.24) is 10.2 Å². The zero-order chi connectivity index (χ0) is 24.5. The molecule has 0 radical (unpaired) electrons. The van der Waals surface area contributed by atoms with Crippen molar-refractivity contribution >= 4 is 50.3 Å². The minimum absolute atomic E-state index is 0.0448. The number of nitrogens with one attached hydrogen (secondary N) is 1. The molecule has 0 unspecified atom stereocenters. The van der Waals surface area contributed by atoms with Crippen molar-refractivity contribution < 1.29 is 14.3 Å². The standard InChI is InChI=1S/C27H28BrIN2O3/c1-19(2)30-27(33)25(16-20-7-4-3-5-8-20)31(17-21-9-6-10-22(28)15-21)26(32)18-34-24-13-11-23(29)12-14-24/h3-15,19,25H,16-18H2,1-2H3,(H,30,33)/t25-/m0/s1. The average molecular weight is 635 g/mol. The number of nitrogens with zero attached hydrogens (tertiary/aromatic N) is 1. The van der Waals surface area contributed by atoms with Gasteiger partial charge in [-0.15, -0.1) is 0 Å². The predicted molar refractivity (Wildman–Crippen MR) is 147 cm³/mol. The molecule has 3 aromatic rings. The lowest BCUT2D eigenvalue weighted by molar-refractivity contribution is -0.143. The predicted octanol–water partition coefficient (Wildman–Crippen LogP) is 5.60. The fraction of sp³-hybridized carbons (Fsp3) is 0.259. The first-order chi connectivity index (χ1) is 16.3. The molecule has 0 bridgehead atoms. The van der Waals surface area contributed by atoms with Gasteiger partial charge < -0.3 is 15.0 Å². The van der Waals surface area contributed by atoms with Gasteiger partial charge in [0.1, 0.15) is 11.8 Å². The van der Waals surface area contributed by atoms with E-state index in [0.29, 0.717) is 12.2 Å². The van der Waals surface area contributed by atoms with Crippen molar-refractivity contribution in [3.8, 4) is 5.75 Å². The van der Waals surface area contributed by atoms with Crippen molar-refractivity contribution in [2.24, 2.45) is 0 Å². The monoisotopic (exact) mass is 634 g/mol. The molecule has 3 aromatic carbocycles. The van der Waals surface area contributed by atoms with E-state index in [9.17, 15) is 9.59 Å². The van der Waals surface area contributed by atoms with Gasteiger partial charge in [-0.25, -0.2) is 0 Å². The Morgan fingerprint density at radius 2 is 1.65 bits per heavy atom. The van der Waals surface area contributed by atoms with Gasteiger partial charge in [0, 0.05) is 27.1 Å². The van der Waals surface area contributed by atoms with Crippen LogP contribution < -0.4 is 10.1 Å². The molecule has 1 atom stereocenters. The summed E-state index contributed by atoms with van der Waals surface area (Å²) in [6.07, 6.45) is 0.405. The molecule has 0 spiro atoms. The smallest absolute Gasteiger partial charge is 0.261 e. The van der Waals surface area contributed by atoms with Gasteiger partial charge >= 0.3 is 0 Å². The Labute approximate surface area is 223 Å². The number of halogens is 2. The highest BCUT2D eigenvalue weighted by Crippen LogP contribution is 2.19. The van der Waals surface area contributed by atoms with Crippen LogP contribution in [0.4, 0.5) is 0 Å². The second-order valence-corrected chi connectivity index (χ2v) is 10.4. The third kappa shape index (κ3) is 8.13. The zero-order valence-corrected chi connectivity index (χ0v) is 23.0. The number of carbonyl (C=O) groups is 2. The summed E-state index contributed by atoms with van der Waals surface area (Å²) in [5.74, 6) is 0.178. The Hall–Kier alpha value is -2.39. The average Bonchev–Trinajstić information content (AvgIpc) is 2.81. The highest BCUT2D eigenvalue weighted by atomic mass is 127. The lowest BCUT2D eigenvalue weighted by atomic mass is 10.0. The van der Waals surface area contributed by atoms with Gasteiger partial charge in [0.25, 0.3) is 5.91 Å². The number of ether oxygens (including phenoxy) is 1. The van der Waals surface area contributed by atoms with Gasteiger partial charge in [0.2, 0.25) is 5.91 Å². The van der Waals surface area contributed by atoms with Crippen molar-refractivity contribution in [3.05, 3.63) is 98.0 Å². The number of amides is 2. The molecule has 5 nitrogen and oxygen atoms in total. The molecule has 0 aliphatic rings. The zero-order valence-electron chi connectivity index (χ0n) is 19.2. The second-order valence-electron chi connectivity index (χ2n) is 8.26. The summed E-state index contributed by atoms with van der Waals surface area (Å²) in [6.45, 7) is 3.96. The van der Waals surface area contributed by atoms with Crippen LogP contribution in [0.3, 0.4) is 0 Å². The molecule has 3 rings (SSSR count). The highest BCUT2D eigenvalue weighted by molar-refractivity contribution is 14.1. The van der Waals surface area contributed by atoms with Crippen LogP contribution in [0.25, 0.3) is 0 Å². The van der Waals surface area contributed by atoms with Crippen molar-refractivity contribution in [2.75, 3.05) is 6.61 Å². The first kappa shape index (κ1) is 26.2. The van der Waals surface area contributed by atoms with Gasteiger partial charge in [-0.2, -0.15) is 0 Å². The summed E-state index contributed by atoms with van der Waals surface area (Å²) in [5, 5.41) is 2.99. The van der Waals surface area contributed by atoms with Crippen LogP contribution in [0, 0.1) is 3.57 Å². The minimum Gasteiger partial charge on any atom is -0.484 e. The maximum Gasteiger partial charge on any atom is 0.261 e. The summed E-state index contributed by atoms with van der Waals surface area (Å²) in [5.41, 5.74) is 1.91. The van der Waals surface area contributed by atoms with Gasteiger partial charge in [-0.05, 0) is 84.0 Å². The molecule has 2 amide bonds. The van der Waals surface area contributed by atoms with E-state index in [0.717, 1.165) is 19.2 Å². The molecule has 0 saturated heterocycles.